The number of rotatable bonds is 6. The third-order valence-electron chi connectivity index (χ3n) is 3.14. The molecule has 0 spiro atoms. The molecule has 0 radical (unpaired) electrons. The van der Waals surface area contributed by atoms with Gasteiger partial charge in [-0.25, -0.2) is 4.39 Å². The van der Waals surface area contributed by atoms with Gasteiger partial charge in [0.25, 0.3) is 0 Å². The van der Waals surface area contributed by atoms with E-state index in [1.54, 1.807) is 27.0 Å². The summed E-state index contributed by atoms with van der Waals surface area (Å²) in [7, 11) is 1.56. The first-order chi connectivity index (χ1) is 9.76. The van der Waals surface area contributed by atoms with Crippen LogP contribution in [-0.4, -0.2) is 18.9 Å². The van der Waals surface area contributed by atoms with Crippen molar-refractivity contribution in [3.05, 3.63) is 34.6 Å². The molecule has 0 atom stereocenters. The van der Waals surface area contributed by atoms with E-state index in [0.717, 1.165) is 0 Å². The average molecular weight is 315 g/mol. The highest BCUT2D eigenvalue weighted by Gasteiger charge is 2.25. The summed E-state index contributed by atoms with van der Waals surface area (Å²) in [6.45, 7) is 3.59. The standard InChI is InChI=1S/C15H20ClFN2O2/c1-15(2,11-8-7-10(17)9-12(11)16)19-14(21)6-4-5-13(20)18-3/h7-9H,4-6H2,1-3H3,(H,18,20)(H,19,21). The number of hydrogen-bond acceptors (Lipinski definition) is 2. The molecule has 0 saturated carbocycles. The third-order valence-corrected chi connectivity index (χ3v) is 3.46. The summed E-state index contributed by atoms with van der Waals surface area (Å²) in [4.78, 5) is 23.0. The fourth-order valence-electron chi connectivity index (χ4n) is 2.01. The van der Waals surface area contributed by atoms with E-state index in [-0.39, 0.29) is 23.3 Å². The summed E-state index contributed by atoms with van der Waals surface area (Å²) < 4.78 is 13.1. The van der Waals surface area contributed by atoms with Gasteiger partial charge in [0.2, 0.25) is 11.8 Å². The minimum absolute atomic E-state index is 0.0939. The molecule has 1 aromatic rings. The number of carbonyl (C=O) groups is 2. The van der Waals surface area contributed by atoms with Crippen molar-refractivity contribution in [2.75, 3.05) is 7.05 Å². The molecular formula is C15H20ClFN2O2. The molecule has 2 N–H and O–H groups in total. The van der Waals surface area contributed by atoms with Crippen LogP contribution in [0.1, 0.15) is 38.7 Å². The first-order valence-electron chi connectivity index (χ1n) is 6.73. The van der Waals surface area contributed by atoms with Crippen LogP contribution in [0, 0.1) is 5.82 Å². The Bertz CT molecular complexity index is 532. The fourth-order valence-corrected chi connectivity index (χ4v) is 2.41. The van der Waals surface area contributed by atoms with Gasteiger partial charge in [0.15, 0.2) is 0 Å². The predicted molar refractivity (Wildman–Crippen MR) is 80.5 cm³/mol. The lowest BCUT2D eigenvalue weighted by Crippen LogP contribution is -2.41. The Morgan fingerprint density at radius 2 is 1.86 bits per heavy atom. The van der Waals surface area contributed by atoms with Crippen LogP contribution in [0.3, 0.4) is 0 Å². The molecule has 0 heterocycles. The van der Waals surface area contributed by atoms with Gasteiger partial charge in [-0.15, -0.1) is 0 Å². The lowest BCUT2D eigenvalue weighted by atomic mass is 9.93. The Hall–Kier alpha value is -1.62. The second-order valence-electron chi connectivity index (χ2n) is 5.32. The minimum Gasteiger partial charge on any atom is -0.359 e. The molecule has 6 heteroatoms. The molecule has 0 unspecified atom stereocenters. The van der Waals surface area contributed by atoms with E-state index < -0.39 is 11.4 Å². The molecule has 1 aromatic carbocycles. The highest BCUT2D eigenvalue weighted by atomic mass is 35.5. The van der Waals surface area contributed by atoms with Crippen molar-refractivity contribution in [3.8, 4) is 0 Å². The number of benzene rings is 1. The fraction of sp³-hybridized carbons (Fsp3) is 0.467. The van der Waals surface area contributed by atoms with Crippen molar-refractivity contribution in [2.45, 2.75) is 38.6 Å². The number of hydrogen-bond donors (Lipinski definition) is 2. The summed E-state index contributed by atoms with van der Waals surface area (Å²) in [5.41, 5.74) is -0.0697. The van der Waals surface area contributed by atoms with Crippen molar-refractivity contribution in [1.82, 2.24) is 10.6 Å². The van der Waals surface area contributed by atoms with E-state index >= 15 is 0 Å². The first kappa shape index (κ1) is 17.4. The maximum absolute atomic E-state index is 13.1. The van der Waals surface area contributed by atoms with Crippen LogP contribution in [0.4, 0.5) is 4.39 Å². The molecule has 0 fully saturated rings. The zero-order valence-electron chi connectivity index (χ0n) is 12.4. The molecule has 21 heavy (non-hydrogen) atoms. The van der Waals surface area contributed by atoms with Crippen molar-refractivity contribution >= 4 is 23.4 Å². The summed E-state index contributed by atoms with van der Waals surface area (Å²) in [6.07, 6.45) is 1.02. The van der Waals surface area contributed by atoms with Gasteiger partial charge >= 0.3 is 0 Å². The first-order valence-corrected chi connectivity index (χ1v) is 7.11. The Morgan fingerprint density at radius 3 is 2.43 bits per heavy atom. The second-order valence-corrected chi connectivity index (χ2v) is 5.73. The molecule has 2 amide bonds. The van der Waals surface area contributed by atoms with Gasteiger partial charge in [0, 0.05) is 24.9 Å². The molecule has 1 rings (SSSR count). The summed E-state index contributed by atoms with van der Waals surface area (Å²) >= 11 is 6.02. The summed E-state index contributed by atoms with van der Waals surface area (Å²) in [5.74, 6) is -0.690. The quantitative estimate of drug-likeness (QED) is 0.848. The van der Waals surface area contributed by atoms with E-state index in [1.165, 1.54) is 12.1 Å². The van der Waals surface area contributed by atoms with Crippen LogP contribution in [0.2, 0.25) is 5.02 Å². The summed E-state index contributed by atoms with van der Waals surface area (Å²) in [6, 6.07) is 4.08. The topological polar surface area (TPSA) is 58.2 Å². The molecule has 0 aliphatic heterocycles. The van der Waals surface area contributed by atoms with Crippen molar-refractivity contribution in [3.63, 3.8) is 0 Å². The second kappa shape index (κ2) is 7.41. The van der Waals surface area contributed by atoms with Crippen LogP contribution in [0.25, 0.3) is 0 Å². The Balaban J connectivity index is 2.63. The van der Waals surface area contributed by atoms with Gasteiger partial charge in [-0.05, 0) is 38.0 Å². The van der Waals surface area contributed by atoms with E-state index in [0.29, 0.717) is 18.4 Å². The zero-order valence-corrected chi connectivity index (χ0v) is 13.2. The van der Waals surface area contributed by atoms with Crippen molar-refractivity contribution in [2.24, 2.45) is 0 Å². The van der Waals surface area contributed by atoms with Gasteiger partial charge < -0.3 is 10.6 Å². The maximum Gasteiger partial charge on any atom is 0.220 e. The smallest absolute Gasteiger partial charge is 0.220 e. The molecule has 0 aliphatic rings. The molecule has 0 aliphatic carbocycles. The van der Waals surface area contributed by atoms with Gasteiger partial charge in [0.1, 0.15) is 5.82 Å². The Labute approximate surface area is 129 Å². The van der Waals surface area contributed by atoms with Gasteiger partial charge in [-0.1, -0.05) is 17.7 Å². The molecule has 0 aromatic heterocycles. The van der Waals surface area contributed by atoms with Crippen molar-refractivity contribution in [1.29, 1.82) is 0 Å². The SMILES string of the molecule is CNC(=O)CCCC(=O)NC(C)(C)c1ccc(F)cc1Cl. The van der Waals surface area contributed by atoms with Crippen LogP contribution < -0.4 is 10.6 Å². The number of carbonyl (C=O) groups excluding carboxylic acids is 2. The van der Waals surface area contributed by atoms with E-state index in [2.05, 4.69) is 10.6 Å². The largest absolute Gasteiger partial charge is 0.359 e. The van der Waals surface area contributed by atoms with Crippen LogP contribution >= 0.6 is 11.6 Å². The highest BCUT2D eigenvalue weighted by Crippen LogP contribution is 2.28. The van der Waals surface area contributed by atoms with Crippen LogP contribution in [-0.2, 0) is 15.1 Å². The number of halogens is 2. The molecule has 116 valence electrons. The van der Waals surface area contributed by atoms with Gasteiger partial charge in [0.05, 0.1) is 5.54 Å². The monoisotopic (exact) mass is 314 g/mol. The summed E-state index contributed by atoms with van der Waals surface area (Å²) in [5, 5.41) is 5.62. The molecule has 4 nitrogen and oxygen atoms in total. The Morgan fingerprint density at radius 1 is 1.24 bits per heavy atom. The zero-order chi connectivity index (χ0) is 16.0. The molecule has 0 bridgehead atoms. The minimum atomic E-state index is -0.713. The third kappa shape index (κ3) is 5.34. The van der Waals surface area contributed by atoms with E-state index in [4.69, 9.17) is 11.6 Å². The number of amides is 2. The lowest BCUT2D eigenvalue weighted by molar-refractivity contribution is -0.123. The maximum atomic E-state index is 13.1. The van der Waals surface area contributed by atoms with E-state index in [9.17, 15) is 14.0 Å². The predicted octanol–water partition coefficient (Wildman–Crippen LogP) is 2.75. The average Bonchev–Trinajstić information content (AvgIpc) is 2.37. The lowest BCUT2D eigenvalue weighted by Gasteiger charge is -2.28. The van der Waals surface area contributed by atoms with Crippen LogP contribution in [0.15, 0.2) is 18.2 Å². The number of nitrogens with one attached hydrogen (secondary N) is 2. The van der Waals surface area contributed by atoms with Gasteiger partial charge in [-0.3, -0.25) is 9.59 Å². The van der Waals surface area contributed by atoms with Gasteiger partial charge in [-0.2, -0.15) is 0 Å². The van der Waals surface area contributed by atoms with E-state index in [1.807, 2.05) is 0 Å². The Kier molecular flexibility index (Phi) is 6.15. The normalized spacial score (nSPS) is 11.1. The molecule has 0 saturated heterocycles. The highest BCUT2D eigenvalue weighted by molar-refractivity contribution is 6.31. The van der Waals surface area contributed by atoms with Crippen LogP contribution in [0.5, 0.6) is 0 Å². The van der Waals surface area contributed by atoms with Crippen molar-refractivity contribution < 1.29 is 14.0 Å². The molecular weight excluding hydrogens is 295 g/mol.